The highest BCUT2D eigenvalue weighted by molar-refractivity contribution is 5.83. The lowest BCUT2D eigenvalue weighted by Gasteiger charge is -2.37. The standard InChI is InChI=1S/C17H24N6O2/c1-13-8-14(20-11-19-13)4-5-15-9-22(6-7-25-15)16(24)17(2,3)23-12-18-10-21-23/h8,10-12,15H,4-7,9H2,1-3H3/t15-/m0/s1. The van der Waals surface area contributed by atoms with Gasteiger partial charge in [0.1, 0.15) is 24.5 Å². The largest absolute Gasteiger partial charge is 0.375 e. The van der Waals surface area contributed by atoms with Gasteiger partial charge in [-0.3, -0.25) is 4.79 Å². The molecule has 3 rings (SSSR count). The third kappa shape index (κ3) is 4.01. The molecule has 0 unspecified atom stereocenters. The summed E-state index contributed by atoms with van der Waals surface area (Å²) < 4.78 is 7.44. The quantitative estimate of drug-likeness (QED) is 0.803. The lowest BCUT2D eigenvalue weighted by molar-refractivity contribution is -0.147. The van der Waals surface area contributed by atoms with Gasteiger partial charge < -0.3 is 9.64 Å². The first-order chi connectivity index (χ1) is 12.0. The molecule has 0 aliphatic carbocycles. The number of aryl methyl sites for hydroxylation is 2. The normalized spacial score (nSPS) is 18.4. The zero-order valence-electron chi connectivity index (χ0n) is 14.9. The lowest BCUT2D eigenvalue weighted by Crippen LogP contribution is -2.53. The van der Waals surface area contributed by atoms with Crippen LogP contribution in [0.15, 0.2) is 25.0 Å². The fourth-order valence-electron chi connectivity index (χ4n) is 3.02. The average Bonchev–Trinajstić information content (AvgIpc) is 3.15. The van der Waals surface area contributed by atoms with E-state index in [2.05, 4.69) is 20.1 Å². The van der Waals surface area contributed by atoms with Gasteiger partial charge in [0.05, 0.1) is 12.7 Å². The van der Waals surface area contributed by atoms with Crippen molar-refractivity contribution in [1.82, 2.24) is 29.6 Å². The summed E-state index contributed by atoms with van der Waals surface area (Å²) in [4.78, 5) is 27.1. The van der Waals surface area contributed by atoms with E-state index in [9.17, 15) is 4.79 Å². The van der Waals surface area contributed by atoms with Crippen LogP contribution in [0.1, 0.15) is 31.7 Å². The van der Waals surface area contributed by atoms with Crippen LogP contribution in [-0.2, 0) is 21.5 Å². The molecule has 8 nitrogen and oxygen atoms in total. The Morgan fingerprint density at radius 2 is 2.20 bits per heavy atom. The molecule has 1 amide bonds. The molecule has 134 valence electrons. The molecular weight excluding hydrogens is 320 g/mol. The summed E-state index contributed by atoms with van der Waals surface area (Å²) in [6.45, 7) is 7.40. The molecule has 2 aromatic rings. The second-order valence-electron chi connectivity index (χ2n) is 6.83. The monoisotopic (exact) mass is 344 g/mol. The van der Waals surface area contributed by atoms with Crippen molar-refractivity contribution < 1.29 is 9.53 Å². The maximum Gasteiger partial charge on any atom is 0.250 e. The molecular formula is C17H24N6O2. The van der Waals surface area contributed by atoms with Crippen LogP contribution in [0.4, 0.5) is 0 Å². The Morgan fingerprint density at radius 3 is 2.92 bits per heavy atom. The number of ether oxygens (including phenoxy) is 1. The number of hydrogen-bond donors (Lipinski definition) is 0. The van der Waals surface area contributed by atoms with Crippen LogP contribution < -0.4 is 0 Å². The molecule has 8 heteroatoms. The Bertz CT molecular complexity index is 716. The summed E-state index contributed by atoms with van der Waals surface area (Å²) in [5.74, 6) is 0.0316. The van der Waals surface area contributed by atoms with E-state index in [4.69, 9.17) is 4.74 Å². The van der Waals surface area contributed by atoms with Crippen LogP contribution in [0.5, 0.6) is 0 Å². The molecule has 25 heavy (non-hydrogen) atoms. The zero-order valence-corrected chi connectivity index (χ0v) is 14.9. The zero-order chi connectivity index (χ0) is 17.9. The molecule has 1 fully saturated rings. The smallest absolute Gasteiger partial charge is 0.250 e. The molecule has 0 aromatic carbocycles. The molecule has 0 radical (unpaired) electrons. The Balaban J connectivity index is 1.60. The van der Waals surface area contributed by atoms with Gasteiger partial charge in [0.15, 0.2) is 0 Å². The predicted molar refractivity (Wildman–Crippen MR) is 90.8 cm³/mol. The second-order valence-corrected chi connectivity index (χ2v) is 6.83. The van der Waals surface area contributed by atoms with E-state index in [1.165, 1.54) is 6.33 Å². The van der Waals surface area contributed by atoms with Crippen molar-refractivity contribution in [2.24, 2.45) is 0 Å². The lowest BCUT2D eigenvalue weighted by atomic mass is 10.0. The third-order valence-electron chi connectivity index (χ3n) is 4.52. The number of amides is 1. The molecule has 3 heterocycles. The maximum absolute atomic E-state index is 12.9. The Hall–Kier alpha value is -2.35. The molecule has 1 aliphatic heterocycles. The van der Waals surface area contributed by atoms with Crippen LogP contribution in [0.25, 0.3) is 0 Å². The number of carbonyl (C=O) groups excluding carboxylic acids is 1. The summed E-state index contributed by atoms with van der Waals surface area (Å²) in [5.41, 5.74) is 1.20. The number of aromatic nitrogens is 5. The summed E-state index contributed by atoms with van der Waals surface area (Å²) in [7, 11) is 0. The fourth-order valence-corrected chi connectivity index (χ4v) is 3.02. The highest BCUT2D eigenvalue weighted by Crippen LogP contribution is 2.20. The molecule has 0 saturated carbocycles. The van der Waals surface area contributed by atoms with Crippen LogP contribution in [0, 0.1) is 6.92 Å². The van der Waals surface area contributed by atoms with E-state index >= 15 is 0 Å². The number of carbonyl (C=O) groups is 1. The van der Waals surface area contributed by atoms with Crippen LogP contribution >= 0.6 is 0 Å². The average molecular weight is 344 g/mol. The highest BCUT2D eigenvalue weighted by atomic mass is 16.5. The Kier molecular flexibility index (Phi) is 5.08. The number of nitrogens with zero attached hydrogens (tertiary/aromatic N) is 6. The highest BCUT2D eigenvalue weighted by Gasteiger charge is 2.36. The minimum absolute atomic E-state index is 0.0134. The van der Waals surface area contributed by atoms with Crippen molar-refractivity contribution in [1.29, 1.82) is 0 Å². The molecule has 0 bridgehead atoms. The van der Waals surface area contributed by atoms with E-state index in [1.54, 1.807) is 17.3 Å². The van der Waals surface area contributed by atoms with E-state index in [1.807, 2.05) is 31.7 Å². The second kappa shape index (κ2) is 7.26. The van der Waals surface area contributed by atoms with Gasteiger partial charge in [0.25, 0.3) is 0 Å². The maximum atomic E-state index is 12.9. The summed E-state index contributed by atoms with van der Waals surface area (Å²) in [6, 6.07) is 1.99. The molecule has 0 spiro atoms. The first-order valence-electron chi connectivity index (χ1n) is 8.50. The van der Waals surface area contributed by atoms with Crippen molar-refractivity contribution in [3.63, 3.8) is 0 Å². The van der Waals surface area contributed by atoms with E-state index in [0.29, 0.717) is 19.7 Å². The van der Waals surface area contributed by atoms with Gasteiger partial charge in [-0.2, -0.15) is 5.10 Å². The third-order valence-corrected chi connectivity index (χ3v) is 4.52. The van der Waals surface area contributed by atoms with Crippen molar-refractivity contribution in [3.05, 3.63) is 36.4 Å². The van der Waals surface area contributed by atoms with Gasteiger partial charge in [0, 0.05) is 24.5 Å². The molecule has 1 aliphatic rings. The van der Waals surface area contributed by atoms with Crippen molar-refractivity contribution in [3.8, 4) is 0 Å². The van der Waals surface area contributed by atoms with Gasteiger partial charge in [-0.25, -0.2) is 19.6 Å². The minimum atomic E-state index is -0.762. The van der Waals surface area contributed by atoms with Gasteiger partial charge in [-0.15, -0.1) is 0 Å². The molecule has 1 atom stereocenters. The van der Waals surface area contributed by atoms with Crippen molar-refractivity contribution >= 4 is 5.91 Å². The minimum Gasteiger partial charge on any atom is -0.375 e. The molecule has 0 N–H and O–H groups in total. The number of hydrogen-bond acceptors (Lipinski definition) is 6. The van der Waals surface area contributed by atoms with E-state index < -0.39 is 5.54 Å². The van der Waals surface area contributed by atoms with Crippen molar-refractivity contribution in [2.75, 3.05) is 19.7 Å². The summed E-state index contributed by atoms with van der Waals surface area (Å²) in [6.07, 6.45) is 6.25. The first-order valence-corrected chi connectivity index (χ1v) is 8.50. The molecule has 1 saturated heterocycles. The SMILES string of the molecule is Cc1cc(CC[C@H]2CN(C(=O)C(C)(C)n3cncn3)CCO2)ncn1. The Morgan fingerprint density at radius 1 is 1.36 bits per heavy atom. The van der Waals surface area contributed by atoms with Crippen molar-refractivity contribution in [2.45, 2.75) is 45.3 Å². The summed E-state index contributed by atoms with van der Waals surface area (Å²) in [5, 5.41) is 4.12. The van der Waals surface area contributed by atoms with Gasteiger partial charge in [-0.1, -0.05) is 0 Å². The first kappa shape index (κ1) is 17.5. The van der Waals surface area contributed by atoms with Gasteiger partial charge in [0.2, 0.25) is 5.91 Å². The van der Waals surface area contributed by atoms with E-state index in [-0.39, 0.29) is 12.0 Å². The van der Waals surface area contributed by atoms with Gasteiger partial charge >= 0.3 is 0 Å². The fraction of sp³-hybridized carbons (Fsp3) is 0.588. The van der Waals surface area contributed by atoms with Crippen LogP contribution in [-0.4, -0.2) is 61.3 Å². The van der Waals surface area contributed by atoms with Crippen LogP contribution in [0.3, 0.4) is 0 Å². The summed E-state index contributed by atoms with van der Waals surface area (Å²) >= 11 is 0. The predicted octanol–water partition coefficient (Wildman–Crippen LogP) is 0.972. The van der Waals surface area contributed by atoms with E-state index in [0.717, 1.165) is 24.2 Å². The van der Waals surface area contributed by atoms with Gasteiger partial charge in [-0.05, 0) is 39.7 Å². The number of rotatable bonds is 5. The number of morpholine rings is 1. The molecule has 2 aromatic heterocycles. The Labute approximate surface area is 147 Å². The van der Waals surface area contributed by atoms with Crippen LogP contribution in [0.2, 0.25) is 0 Å². The topological polar surface area (TPSA) is 86.0 Å².